The van der Waals surface area contributed by atoms with Crippen molar-refractivity contribution in [3.05, 3.63) is 17.7 Å². The van der Waals surface area contributed by atoms with E-state index in [4.69, 9.17) is 5.11 Å². The number of aromatic carboxylic acids is 1. The standard InChI is InChI=1S/C9H11N3O3/c1-4-2-5(4)12-8(13)6-7(9(14)15)11-3-10-6/h3-5H,2H2,1H3,(H,10,11)(H,12,13)(H,14,15). The van der Waals surface area contributed by atoms with E-state index in [0.29, 0.717) is 5.92 Å². The molecule has 1 aromatic rings. The predicted octanol–water partition coefficient (Wildman–Crippen LogP) is 0.246. The van der Waals surface area contributed by atoms with Gasteiger partial charge in [0.2, 0.25) is 0 Å². The molecule has 1 amide bonds. The van der Waals surface area contributed by atoms with E-state index < -0.39 is 11.9 Å². The number of H-pyrrole nitrogens is 1. The number of rotatable bonds is 3. The molecule has 6 heteroatoms. The molecule has 1 aromatic heterocycles. The topological polar surface area (TPSA) is 95.1 Å². The smallest absolute Gasteiger partial charge is 0.354 e. The highest BCUT2D eigenvalue weighted by molar-refractivity contribution is 6.02. The van der Waals surface area contributed by atoms with Crippen LogP contribution in [0, 0.1) is 5.92 Å². The number of nitrogens with one attached hydrogen (secondary N) is 2. The van der Waals surface area contributed by atoms with Crippen molar-refractivity contribution < 1.29 is 14.7 Å². The number of aromatic amines is 1. The summed E-state index contributed by atoms with van der Waals surface area (Å²) in [5.74, 6) is -1.13. The molecule has 3 N–H and O–H groups in total. The molecule has 0 bridgehead atoms. The van der Waals surface area contributed by atoms with Gasteiger partial charge in [-0.2, -0.15) is 0 Å². The molecule has 1 aliphatic rings. The number of imidazole rings is 1. The van der Waals surface area contributed by atoms with Crippen LogP contribution < -0.4 is 5.32 Å². The van der Waals surface area contributed by atoms with E-state index in [0.717, 1.165) is 6.42 Å². The molecule has 1 aliphatic carbocycles. The molecule has 15 heavy (non-hydrogen) atoms. The first-order chi connectivity index (χ1) is 7.09. The number of nitrogens with zero attached hydrogens (tertiary/aromatic N) is 1. The number of amides is 1. The zero-order chi connectivity index (χ0) is 11.0. The van der Waals surface area contributed by atoms with Crippen LogP contribution in [0.4, 0.5) is 0 Å². The Balaban J connectivity index is 2.11. The van der Waals surface area contributed by atoms with Crippen molar-refractivity contribution in [3.63, 3.8) is 0 Å². The van der Waals surface area contributed by atoms with Gasteiger partial charge in [0.25, 0.3) is 5.91 Å². The number of hydrogen-bond acceptors (Lipinski definition) is 3. The lowest BCUT2D eigenvalue weighted by Gasteiger charge is -2.01. The number of aromatic nitrogens is 2. The first kappa shape index (κ1) is 9.70. The lowest BCUT2D eigenvalue weighted by atomic mass is 10.3. The Kier molecular flexibility index (Phi) is 2.18. The van der Waals surface area contributed by atoms with E-state index in [1.54, 1.807) is 0 Å². The van der Waals surface area contributed by atoms with E-state index in [9.17, 15) is 9.59 Å². The van der Waals surface area contributed by atoms with Crippen molar-refractivity contribution in [3.8, 4) is 0 Å². The summed E-state index contributed by atoms with van der Waals surface area (Å²) in [6, 6.07) is 0.163. The third-order valence-corrected chi connectivity index (χ3v) is 2.49. The number of hydrogen-bond donors (Lipinski definition) is 3. The summed E-state index contributed by atoms with van der Waals surface area (Å²) in [5, 5.41) is 11.5. The van der Waals surface area contributed by atoms with Gasteiger partial charge in [0.1, 0.15) is 0 Å². The summed E-state index contributed by atoms with van der Waals surface area (Å²) in [6.45, 7) is 2.02. The van der Waals surface area contributed by atoms with Crippen molar-refractivity contribution in [2.45, 2.75) is 19.4 Å². The van der Waals surface area contributed by atoms with Crippen molar-refractivity contribution in [1.82, 2.24) is 15.3 Å². The molecule has 6 nitrogen and oxygen atoms in total. The van der Waals surface area contributed by atoms with Gasteiger partial charge in [-0.3, -0.25) is 4.79 Å². The van der Waals surface area contributed by atoms with Gasteiger partial charge in [0.05, 0.1) is 6.33 Å². The van der Waals surface area contributed by atoms with Gasteiger partial charge in [-0.15, -0.1) is 0 Å². The first-order valence-electron chi connectivity index (χ1n) is 4.67. The minimum Gasteiger partial charge on any atom is -0.477 e. The minimum atomic E-state index is -1.18. The molecule has 0 radical (unpaired) electrons. The molecular formula is C9H11N3O3. The highest BCUT2D eigenvalue weighted by Crippen LogP contribution is 2.29. The first-order valence-corrected chi connectivity index (χ1v) is 4.67. The van der Waals surface area contributed by atoms with E-state index in [-0.39, 0.29) is 17.4 Å². The zero-order valence-corrected chi connectivity index (χ0v) is 8.15. The summed E-state index contributed by atoms with van der Waals surface area (Å²) >= 11 is 0. The maximum absolute atomic E-state index is 11.6. The normalized spacial score (nSPS) is 23.5. The Morgan fingerprint density at radius 2 is 2.33 bits per heavy atom. The molecule has 0 aromatic carbocycles. The monoisotopic (exact) mass is 209 g/mol. The molecular weight excluding hydrogens is 198 g/mol. The van der Waals surface area contributed by atoms with Gasteiger partial charge in [-0.1, -0.05) is 6.92 Å². The Morgan fingerprint density at radius 1 is 1.67 bits per heavy atom. The average Bonchev–Trinajstić information content (AvgIpc) is 2.71. The number of carboxylic acid groups (broad SMARTS) is 1. The highest BCUT2D eigenvalue weighted by Gasteiger charge is 2.35. The molecule has 0 aliphatic heterocycles. The predicted molar refractivity (Wildman–Crippen MR) is 50.6 cm³/mol. The van der Waals surface area contributed by atoms with Gasteiger partial charge in [0, 0.05) is 6.04 Å². The quantitative estimate of drug-likeness (QED) is 0.664. The van der Waals surface area contributed by atoms with E-state index >= 15 is 0 Å². The molecule has 0 spiro atoms. The number of carbonyl (C=O) groups is 2. The average molecular weight is 209 g/mol. The van der Waals surface area contributed by atoms with E-state index in [1.165, 1.54) is 6.33 Å². The molecule has 80 valence electrons. The molecule has 2 unspecified atom stereocenters. The molecule has 1 saturated carbocycles. The SMILES string of the molecule is CC1CC1NC(=O)c1nc[nH]c1C(=O)O. The van der Waals surface area contributed by atoms with Crippen LogP contribution in [0.1, 0.15) is 34.3 Å². The highest BCUT2D eigenvalue weighted by atomic mass is 16.4. The molecule has 1 fully saturated rings. The largest absolute Gasteiger partial charge is 0.477 e. The summed E-state index contributed by atoms with van der Waals surface area (Å²) < 4.78 is 0. The second kappa shape index (κ2) is 3.38. The maximum atomic E-state index is 11.6. The van der Waals surface area contributed by atoms with Gasteiger partial charge in [-0.05, 0) is 12.3 Å². The summed E-state index contributed by atoms with van der Waals surface area (Å²) in [6.07, 6.45) is 2.15. The van der Waals surface area contributed by atoms with Crippen LogP contribution >= 0.6 is 0 Å². The van der Waals surface area contributed by atoms with Crippen molar-refractivity contribution in [1.29, 1.82) is 0 Å². The van der Waals surface area contributed by atoms with Crippen molar-refractivity contribution >= 4 is 11.9 Å². The van der Waals surface area contributed by atoms with Gasteiger partial charge in [-0.25, -0.2) is 9.78 Å². The third-order valence-electron chi connectivity index (χ3n) is 2.49. The lowest BCUT2D eigenvalue weighted by Crippen LogP contribution is -2.28. The van der Waals surface area contributed by atoms with Crippen LogP contribution in [-0.2, 0) is 0 Å². The van der Waals surface area contributed by atoms with Crippen LogP contribution in [0.15, 0.2) is 6.33 Å². The van der Waals surface area contributed by atoms with Crippen LogP contribution in [0.25, 0.3) is 0 Å². The van der Waals surface area contributed by atoms with Crippen LogP contribution in [0.2, 0.25) is 0 Å². The Labute approximate surface area is 85.7 Å². The fourth-order valence-electron chi connectivity index (χ4n) is 1.39. The second-order valence-corrected chi connectivity index (χ2v) is 3.72. The van der Waals surface area contributed by atoms with Gasteiger partial charge < -0.3 is 15.4 Å². The van der Waals surface area contributed by atoms with Crippen LogP contribution in [0.3, 0.4) is 0 Å². The Hall–Kier alpha value is -1.85. The number of carbonyl (C=O) groups excluding carboxylic acids is 1. The molecule has 0 saturated heterocycles. The van der Waals surface area contributed by atoms with E-state index in [1.807, 2.05) is 6.92 Å². The second-order valence-electron chi connectivity index (χ2n) is 3.72. The fourth-order valence-corrected chi connectivity index (χ4v) is 1.39. The van der Waals surface area contributed by atoms with Crippen molar-refractivity contribution in [2.75, 3.05) is 0 Å². The fraction of sp³-hybridized carbons (Fsp3) is 0.444. The lowest BCUT2D eigenvalue weighted by molar-refractivity contribution is 0.0685. The maximum Gasteiger partial charge on any atom is 0.354 e. The number of carboxylic acids is 1. The molecule has 2 rings (SSSR count). The van der Waals surface area contributed by atoms with Crippen molar-refractivity contribution in [2.24, 2.45) is 5.92 Å². The van der Waals surface area contributed by atoms with Gasteiger partial charge in [0.15, 0.2) is 11.4 Å². The summed E-state index contributed by atoms with van der Waals surface area (Å²) in [5.41, 5.74) is -0.220. The van der Waals surface area contributed by atoms with Gasteiger partial charge >= 0.3 is 5.97 Å². The summed E-state index contributed by atoms with van der Waals surface area (Å²) in [4.78, 5) is 28.4. The van der Waals surface area contributed by atoms with Crippen LogP contribution in [0.5, 0.6) is 0 Å². The summed E-state index contributed by atoms with van der Waals surface area (Å²) in [7, 11) is 0. The minimum absolute atomic E-state index is 0.0541. The third kappa shape index (κ3) is 1.83. The Bertz CT molecular complexity index is 412. The van der Waals surface area contributed by atoms with E-state index in [2.05, 4.69) is 15.3 Å². The zero-order valence-electron chi connectivity index (χ0n) is 8.15. The van der Waals surface area contributed by atoms with Crippen LogP contribution in [-0.4, -0.2) is 33.0 Å². The Morgan fingerprint density at radius 3 is 2.87 bits per heavy atom. The molecule has 2 atom stereocenters. The molecule has 1 heterocycles.